The van der Waals surface area contributed by atoms with E-state index in [2.05, 4.69) is 32.2 Å². The molecule has 0 atom stereocenters. The number of aliphatic hydroxyl groups excluding tert-OH is 1. The Hall–Kier alpha value is -0.590. The fraction of sp³-hybridized carbons (Fsp3) is 0.929. The van der Waals surface area contributed by atoms with E-state index in [1.54, 1.807) is 0 Å². The van der Waals surface area contributed by atoms with Crippen LogP contribution >= 0.6 is 0 Å². The van der Waals surface area contributed by atoms with E-state index in [0.29, 0.717) is 12.0 Å². The minimum absolute atomic E-state index is 0.104. The van der Waals surface area contributed by atoms with Gasteiger partial charge in [-0.25, -0.2) is 0 Å². The van der Waals surface area contributed by atoms with E-state index in [-0.39, 0.29) is 12.1 Å². The van der Waals surface area contributed by atoms with Crippen LogP contribution in [0.2, 0.25) is 0 Å². The number of aliphatic hydroxyl groups is 1. The molecule has 98 valence electrons. The van der Waals surface area contributed by atoms with E-state index in [0.717, 1.165) is 31.6 Å². The van der Waals surface area contributed by atoms with Gasteiger partial charge in [0.1, 0.15) is 5.54 Å². The quantitative estimate of drug-likeness (QED) is 0.773. The molecule has 0 aromatic heterocycles. The maximum Gasteiger partial charge on any atom is 0.106 e. The van der Waals surface area contributed by atoms with Crippen molar-refractivity contribution in [3.8, 4) is 6.07 Å². The summed E-state index contributed by atoms with van der Waals surface area (Å²) in [7, 11) is 0. The Morgan fingerprint density at radius 3 is 2.41 bits per heavy atom. The highest BCUT2D eigenvalue weighted by molar-refractivity contribution is 5.09. The molecule has 1 saturated carbocycles. The molecule has 0 amide bonds. The van der Waals surface area contributed by atoms with E-state index < -0.39 is 0 Å². The van der Waals surface area contributed by atoms with Gasteiger partial charge in [-0.05, 0) is 37.0 Å². The molecular formula is C14H26N2O. The zero-order valence-corrected chi connectivity index (χ0v) is 11.4. The van der Waals surface area contributed by atoms with E-state index in [1.165, 1.54) is 6.42 Å². The first kappa shape index (κ1) is 14.5. The van der Waals surface area contributed by atoms with Crippen molar-refractivity contribution < 1.29 is 5.11 Å². The maximum absolute atomic E-state index is 9.32. The predicted molar refractivity (Wildman–Crippen MR) is 69.5 cm³/mol. The fourth-order valence-corrected chi connectivity index (χ4v) is 2.80. The second kappa shape index (κ2) is 5.84. The highest BCUT2D eigenvalue weighted by Crippen LogP contribution is 2.43. The summed E-state index contributed by atoms with van der Waals surface area (Å²) < 4.78 is 0. The van der Waals surface area contributed by atoms with Gasteiger partial charge in [0.25, 0.3) is 0 Å². The summed E-state index contributed by atoms with van der Waals surface area (Å²) >= 11 is 0. The molecule has 0 heterocycles. The molecule has 0 aliphatic heterocycles. The van der Waals surface area contributed by atoms with Crippen molar-refractivity contribution >= 4 is 0 Å². The zero-order chi connectivity index (χ0) is 12.9. The Balaban J connectivity index is 2.57. The van der Waals surface area contributed by atoms with Crippen molar-refractivity contribution in [2.75, 3.05) is 13.2 Å². The van der Waals surface area contributed by atoms with Crippen LogP contribution in [0.25, 0.3) is 0 Å². The number of nitrogens with one attached hydrogen (secondary N) is 1. The Labute approximate surface area is 105 Å². The fourth-order valence-electron chi connectivity index (χ4n) is 2.80. The number of nitriles is 1. The standard InChI is InChI=1S/C14H26N2O/c1-4-13(2,3)12-5-7-14(11-15,8-6-12)16-9-10-17/h12,16-17H,4-10H2,1-3H3. The van der Waals surface area contributed by atoms with Crippen molar-refractivity contribution in [2.24, 2.45) is 11.3 Å². The SMILES string of the molecule is CCC(C)(C)C1CCC(C#N)(NCCO)CC1. The number of hydrogen-bond donors (Lipinski definition) is 2. The summed E-state index contributed by atoms with van der Waals surface area (Å²) in [4.78, 5) is 0. The predicted octanol–water partition coefficient (Wildman–Crippen LogP) is 2.46. The zero-order valence-electron chi connectivity index (χ0n) is 11.4. The summed E-state index contributed by atoms with van der Waals surface area (Å²) in [5.41, 5.74) is 0.00163. The second-order valence-electron chi connectivity index (χ2n) is 5.96. The van der Waals surface area contributed by atoms with Crippen molar-refractivity contribution in [3.63, 3.8) is 0 Å². The molecule has 1 aliphatic rings. The van der Waals surface area contributed by atoms with E-state index in [1.807, 2.05) is 0 Å². The lowest BCUT2D eigenvalue weighted by atomic mass is 9.66. The second-order valence-corrected chi connectivity index (χ2v) is 5.96. The largest absolute Gasteiger partial charge is 0.395 e. The van der Waals surface area contributed by atoms with Crippen LogP contribution in [0.3, 0.4) is 0 Å². The molecule has 0 aromatic carbocycles. The van der Waals surface area contributed by atoms with Crippen LogP contribution in [-0.2, 0) is 0 Å². The van der Waals surface area contributed by atoms with E-state index in [4.69, 9.17) is 5.11 Å². The molecule has 0 unspecified atom stereocenters. The summed E-state index contributed by atoms with van der Waals surface area (Å²) in [6.07, 6.45) is 5.26. The molecule has 1 aliphatic carbocycles. The van der Waals surface area contributed by atoms with Gasteiger partial charge in [-0.3, -0.25) is 5.32 Å². The molecule has 1 rings (SSSR count). The van der Waals surface area contributed by atoms with Gasteiger partial charge < -0.3 is 5.11 Å². The average molecular weight is 238 g/mol. The normalized spacial score (nSPS) is 29.9. The van der Waals surface area contributed by atoms with Crippen LogP contribution in [0, 0.1) is 22.7 Å². The first-order valence-electron chi connectivity index (χ1n) is 6.77. The molecule has 0 saturated heterocycles. The van der Waals surface area contributed by atoms with Crippen molar-refractivity contribution in [2.45, 2.75) is 58.4 Å². The number of rotatable bonds is 5. The van der Waals surface area contributed by atoms with Crippen molar-refractivity contribution in [3.05, 3.63) is 0 Å². The molecule has 2 N–H and O–H groups in total. The maximum atomic E-state index is 9.32. The first-order valence-corrected chi connectivity index (χ1v) is 6.77. The van der Waals surface area contributed by atoms with Crippen LogP contribution in [0.5, 0.6) is 0 Å². The molecule has 0 radical (unpaired) electrons. The lowest BCUT2D eigenvalue weighted by molar-refractivity contribution is 0.116. The third kappa shape index (κ3) is 3.43. The molecule has 3 heteroatoms. The number of hydrogen-bond acceptors (Lipinski definition) is 3. The first-order chi connectivity index (χ1) is 7.99. The minimum atomic E-state index is -0.386. The molecule has 1 fully saturated rings. The van der Waals surface area contributed by atoms with Crippen molar-refractivity contribution in [1.82, 2.24) is 5.32 Å². The summed E-state index contributed by atoms with van der Waals surface area (Å²) in [6.45, 7) is 7.54. The topological polar surface area (TPSA) is 56.0 Å². The van der Waals surface area contributed by atoms with Gasteiger partial charge in [-0.1, -0.05) is 27.2 Å². The minimum Gasteiger partial charge on any atom is -0.395 e. The Morgan fingerprint density at radius 2 is 2.00 bits per heavy atom. The van der Waals surface area contributed by atoms with Gasteiger partial charge in [-0.2, -0.15) is 5.26 Å². The van der Waals surface area contributed by atoms with Crippen molar-refractivity contribution in [1.29, 1.82) is 5.26 Å². The van der Waals surface area contributed by atoms with Gasteiger partial charge in [0.05, 0.1) is 12.7 Å². The average Bonchev–Trinajstić information content (AvgIpc) is 2.37. The highest BCUT2D eigenvalue weighted by Gasteiger charge is 2.39. The molecular weight excluding hydrogens is 212 g/mol. The van der Waals surface area contributed by atoms with Gasteiger partial charge in [0.15, 0.2) is 0 Å². The number of β-amino-alcohol motifs (C(OH)–C–C–N with tert-alkyl or cyclic N) is 1. The number of nitrogens with zero attached hydrogens (tertiary/aromatic N) is 1. The monoisotopic (exact) mass is 238 g/mol. The van der Waals surface area contributed by atoms with Gasteiger partial charge in [0.2, 0.25) is 0 Å². The Bertz CT molecular complexity index is 272. The molecule has 0 bridgehead atoms. The van der Waals surface area contributed by atoms with Gasteiger partial charge in [0, 0.05) is 6.54 Å². The summed E-state index contributed by atoms with van der Waals surface area (Å²) in [6, 6.07) is 2.42. The van der Waals surface area contributed by atoms with Crippen LogP contribution in [0.15, 0.2) is 0 Å². The summed E-state index contributed by atoms with van der Waals surface area (Å²) in [5.74, 6) is 0.727. The smallest absolute Gasteiger partial charge is 0.106 e. The summed E-state index contributed by atoms with van der Waals surface area (Å²) in [5, 5.41) is 21.4. The molecule has 17 heavy (non-hydrogen) atoms. The lowest BCUT2D eigenvalue weighted by Crippen LogP contribution is -2.49. The van der Waals surface area contributed by atoms with Gasteiger partial charge in [-0.15, -0.1) is 0 Å². The van der Waals surface area contributed by atoms with Crippen LogP contribution in [0.4, 0.5) is 0 Å². The van der Waals surface area contributed by atoms with Crippen LogP contribution in [-0.4, -0.2) is 23.8 Å². The third-order valence-corrected chi connectivity index (χ3v) is 4.64. The lowest BCUT2D eigenvalue weighted by Gasteiger charge is -2.42. The molecule has 3 nitrogen and oxygen atoms in total. The van der Waals surface area contributed by atoms with Gasteiger partial charge >= 0.3 is 0 Å². The van der Waals surface area contributed by atoms with Crippen LogP contribution in [0.1, 0.15) is 52.9 Å². The van der Waals surface area contributed by atoms with Crippen LogP contribution < -0.4 is 5.32 Å². The third-order valence-electron chi connectivity index (χ3n) is 4.64. The van der Waals surface area contributed by atoms with E-state index in [9.17, 15) is 5.26 Å². The Morgan fingerprint density at radius 1 is 1.41 bits per heavy atom. The van der Waals surface area contributed by atoms with E-state index >= 15 is 0 Å². The molecule has 0 aromatic rings. The Kier molecular flexibility index (Phi) is 4.97. The molecule has 0 spiro atoms. The highest BCUT2D eigenvalue weighted by atomic mass is 16.3.